The average Bonchev–Trinajstić information content (AvgIpc) is 2.73. The van der Waals surface area contributed by atoms with Crippen LogP contribution in [0.5, 0.6) is 5.75 Å². The van der Waals surface area contributed by atoms with E-state index in [-0.39, 0.29) is 11.9 Å². The van der Waals surface area contributed by atoms with Crippen LogP contribution in [-0.4, -0.2) is 34.2 Å². The van der Waals surface area contributed by atoms with Crippen molar-refractivity contribution in [2.24, 2.45) is 0 Å². The summed E-state index contributed by atoms with van der Waals surface area (Å²) in [5, 5.41) is 11.4. The predicted molar refractivity (Wildman–Crippen MR) is 110 cm³/mol. The summed E-state index contributed by atoms with van der Waals surface area (Å²) in [6.45, 7) is 4.52. The van der Waals surface area contributed by atoms with Crippen LogP contribution in [0.15, 0.2) is 66.7 Å². The Morgan fingerprint density at radius 1 is 1.04 bits per heavy atom. The highest BCUT2D eigenvalue weighted by Gasteiger charge is 2.20. The van der Waals surface area contributed by atoms with E-state index in [1.54, 1.807) is 24.1 Å². The standard InChI is InChI=1S/C22H24N4O2/c1-16(2)26(15-17-8-5-4-6-9-17)22(27)20-12-13-21(25-24-20)23-18-10-7-11-19(14-18)28-3/h4-14,16H,15H2,1-3H3,(H,23,25). The van der Waals surface area contributed by atoms with Gasteiger partial charge in [-0.1, -0.05) is 36.4 Å². The zero-order valence-electron chi connectivity index (χ0n) is 16.3. The number of nitrogens with one attached hydrogen (secondary N) is 1. The highest BCUT2D eigenvalue weighted by atomic mass is 16.5. The van der Waals surface area contributed by atoms with Crippen molar-refractivity contribution < 1.29 is 9.53 Å². The zero-order valence-corrected chi connectivity index (χ0v) is 16.3. The number of carbonyl (C=O) groups excluding carboxylic acids is 1. The molecule has 0 aliphatic rings. The van der Waals surface area contributed by atoms with Gasteiger partial charge in [0.2, 0.25) is 0 Å². The Labute approximate surface area is 165 Å². The van der Waals surface area contributed by atoms with Gasteiger partial charge in [-0.05, 0) is 43.7 Å². The molecule has 0 aliphatic carbocycles. The Kier molecular flexibility index (Phi) is 6.22. The molecule has 28 heavy (non-hydrogen) atoms. The minimum Gasteiger partial charge on any atom is -0.497 e. The molecule has 1 heterocycles. The molecule has 0 unspecified atom stereocenters. The van der Waals surface area contributed by atoms with Gasteiger partial charge >= 0.3 is 0 Å². The number of benzene rings is 2. The summed E-state index contributed by atoms with van der Waals surface area (Å²) in [4.78, 5) is 14.7. The first kappa shape index (κ1) is 19.4. The third-order valence-electron chi connectivity index (χ3n) is 4.31. The zero-order chi connectivity index (χ0) is 19.9. The summed E-state index contributed by atoms with van der Waals surface area (Å²) in [5.41, 5.74) is 2.23. The van der Waals surface area contributed by atoms with E-state index in [1.807, 2.05) is 68.4 Å². The lowest BCUT2D eigenvalue weighted by Crippen LogP contribution is -2.37. The summed E-state index contributed by atoms with van der Waals surface area (Å²) in [7, 11) is 1.62. The minimum absolute atomic E-state index is 0.0455. The highest BCUT2D eigenvalue weighted by Crippen LogP contribution is 2.20. The number of nitrogens with zero attached hydrogens (tertiary/aromatic N) is 3. The second kappa shape index (κ2) is 8.99. The van der Waals surface area contributed by atoms with E-state index in [9.17, 15) is 4.79 Å². The van der Waals surface area contributed by atoms with Crippen LogP contribution in [0.1, 0.15) is 29.9 Å². The smallest absolute Gasteiger partial charge is 0.274 e. The molecule has 6 heteroatoms. The lowest BCUT2D eigenvalue weighted by Gasteiger charge is -2.26. The highest BCUT2D eigenvalue weighted by molar-refractivity contribution is 5.92. The molecule has 144 valence electrons. The Morgan fingerprint density at radius 2 is 1.82 bits per heavy atom. The maximum absolute atomic E-state index is 12.9. The molecule has 0 spiro atoms. The first-order valence-corrected chi connectivity index (χ1v) is 9.16. The number of hydrogen-bond acceptors (Lipinski definition) is 5. The summed E-state index contributed by atoms with van der Waals surface area (Å²) in [5.74, 6) is 1.17. The fraction of sp³-hybridized carbons (Fsp3) is 0.227. The molecule has 0 saturated heterocycles. The molecule has 0 bridgehead atoms. The van der Waals surface area contributed by atoms with Gasteiger partial charge in [0.25, 0.3) is 5.91 Å². The van der Waals surface area contributed by atoms with Crippen molar-refractivity contribution >= 4 is 17.4 Å². The van der Waals surface area contributed by atoms with Crippen molar-refractivity contribution in [3.8, 4) is 5.75 Å². The monoisotopic (exact) mass is 376 g/mol. The summed E-state index contributed by atoms with van der Waals surface area (Å²) in [6, 6.07) is 20.9. The fourth-order valence-corrected chi connectivity index (χ4v) is 2.78. The molecule has 6 nitrogen and oxygen atoms in total. The normalized spacial score (nSPS) is 10.6. The molecule has 1 N–H and O–H groups in total. The molecule has 0 fully saturated rings. The Morgan fingerprint density at radius 3 is 2.46 bits per heavy atom. The van der Waals surface area contributed by atoms with Crippen LogP contribution in [0.25, 0.3) is 0 Å². The van der Waals surface area contributed by atoms with Crippen LogP contribution >= 0.6 is 0 Å². The third kappa shape index (κ3) is 4.85. The van der Waals surface area contributed by atoms with Crippen molar-refractivity contribution in [1.82, 2.24) is 15.1 Å². The number of methoxy groups -OCH3 is 1. The first-order valence-electron chi connectivity index (χ1n) is 9.16. The number of amides is 1. The second-order valence-corrected chi connectivity index (χ2v) is 6.67. The van der Waals surface area contributed by atoms with Crippen LogP contribution in [0.3, 0.4) is 0 Å². The van der Waals surface area contributed by atoms with Crippen molar-refractivity contribution in [1.29, 1.82) is 0 Å². The van der Waals surface area contributed by atoms with Gasteiger partial charge in [0, 0.05) is 24.3 Å². The van der Waals surface area contributed by atoms with Crippen LogP contribution in [0, 0.1) is 0 Å². The van der Waals surface area contributed by atoms with Crippen LogP contribution in [0.4, 0.5) is 11.5 Å². The van der Waals surface area contributed by atoms with E-state index < -0.39 is 0 Å². The van der Waals surface area contributed by atoms with Crippen molar-refractivity contribution in [2.45, 2.75) is 26.4 Å². The molecular weight excluding hydrogens is 352 g/mol. The minimum atomic E-state index is -0.140. The molecular formula is C22H24N4O2. The maximum atomic E-state index is 12.9. The lowest BCUT2D eigenvalue weighted by molar-refractivity contribution is 0.0683. The summed E-state index contributed by atoms with van der Waals surface area (Å²) < 4.78 is 5.21. The second-order valence-electron chi connectivity index (χ2n) is 6.67. The van der Waals surface area contributed by atoms with E-state index in [2.05, 4.69) is 15.5 Å². The maximum Gasteiger partial charge on any atom is 0.274 e. The van der Waals surface area contributed by atoms with Gasteiger partial charge < -0.3 is 15.0 Å². The molecule has 0 radical (unpaired) electrons. The Balaban J connectivity index is 1.72. The van der Waals surface area contributed by atoms with Gasteiger partial charge in [0.05, 0.1) is 7.11 Å². The SMILES string of the molecule is COc1cccc(Nc2ccc(C(=O)N(Cc3ccccc3)C(C)C)nn2)c1. The van der Waals surface area contributed by atoms with Gasteiger partial charge in [-0.3, -0.25) is 4.79 Å². The number of anilines is 2. The number of rotatable bonds is 7. The largest absolute Gasteiger partial charge is 0.497 e. The molecule has 1 amide bonds. The third-order valence-corrected chi connectivity index (χ3v) is 4.31. The number of carbonyl (C=O) groups is 1. The molecule has 0 aliphatic heterocycles. The summed E-state index contributed by atoms with van der Waals surface area (Å²) >= 11 is 0. The van der Waals surface area contributed by atoms with Crippen LogP contribution in [-0.2, 0) is 6.54 Å². The van der Waals surface area contributed by atoms with E-state index >= 15 is 0 Å². The molecule has 1 aromatic heterocycles. The van der Waals surface area contributed by atoms with Gasteiger partial charge in [-0.25, -0.2) is 0 Å². The topological polar surface area (TPSA) is 67.3 Å². The van der Waals surface area contributed by atoms with Gasteiger partial charge in [-0.2, -0.15) is 0 Å². The Hall–Kier alpha value is -3.41. The summed E-state index contributed by atoms with van der Waals surface area (Å²) in [6.07, 6.45) is 0. The van der Waals surface area contributed by atoms with Gasteiger partial charge in [0.1, 0.15) is 5.75 Å². The van der Waals surface area contributed by atoms with E-state index in [0.29, 0.717) is 18.1 Å². The average molecular weight is 376 g/mol. The van der Waals surface area contributed by atoms with Crippen molar-refractivity contribution in [3.05, 3.63) is 78.0 Å². The van der Waals surface area contributed by atoms with Crippen LogP contribution in [0.2, 0.25) is 0 Å². The van der Waals surface area contributed by atoms with E-state index in [4.69, 9.17) is 4.74 Å². The van der Waals surface area contributed by atoms with Crippen molar-refractivity contribution in [2.75, 3.05) is 12.4 Å². The molecule has 3 rings (SSSR count). The van der Waals surface area contributed by atoms with Crippen LogP contribution < -0.4 is 10.1 Å². The quantitative estimate of drug-likeness (QED) is 0.667. The van der Waals surface area contributed by atoms with E-state index in [0.717, 1.165) is 17.0 Å². The first-order chi connectivity index (χ1) is 13.6. The fourth-order valence-electron chi connectivity index (χ4n) is 2.78. The predicted octanol–water partition coefficient (Wildman–Crippen LogP) is 4.28. The van der Waals surface area contributed by atoms with Crippen molar-refractivity contribution in [3.63, 3.8) is 0 Å². The van der Waals surface area contributed by atoms with E-state index in [1.165, 1.54) is 0 Å². The van der Waals surface area contributed by atoms with Gasteiger partial charge in [-0.15, -0.1) is 10.2 Å². The number of hydrogen-bond donors (Lipinski definition) is 1. The molecule has 0 atom stereocenters. The lowest BCUT2D eigenvalue weighted by atomic mass is 10.1. The molecule has 0 saturated carbocycles. The number of ether oxygens (including phenoxy) is 1. The Bertz CT molecular complexity index is 911. The van der Waals surface area contributed by atoms with Gasteiger partial charge in [0.15, 0.2) is 11.5 Å². The molecule has 2 aromatic carbocycles. The number of aromatic nitrogens is 2. The molecule has 3 aromatic rings.